The fourth-order valence-corrected chi connectivity index (χ4v) is 2.97. The summed E-state index contributed by atoms with van der Waals surface area (Å²) < 4.78 is 0. The second kappa shape index (κ2) is 6.90. The quantitative estimate of drug-likeness (QED) is 0.879. The first-order valence-corrected chi connectivity index (χ1v) is 7.72. The summed E-state index contributed by atoms with van der Waals surface area (Å²) in [5, 5.41) is 3.43. The fourth-order valence-electron chi connectivity index (χ4n) is 2.97. The minimum Gasteiger partial charge on any atom is -0.354 e. The zero-order valence-electron chi connectivity index (χ0n) is 12.5. The maximum absolute atomic E-state index is 4.69. The number of rotatable bonds is 5. The largest absolute Gasteiger partial charge is 0.354 e. The molecule has 0 amide bonds. The van der Waals surface area contributed by atoms with Crippen LogP contribution in [0, 0.1) is 0 Å². The number of piperidine rings is 1. The van der Waals surface area contributed by atoms with Gasteiger partial charge in [0, 0.05) is 24.8 Å². The van der Waals surface area contributed by atoms with Gasteiger partial charge in [0.2, 0.25) is 0 Å². The van der Waals surface area contributed by atoms with Crippen LogP contribution in [0.25, 0.3) is 0 Å². The van der Waals surface area contributed by atoms with Crippen LogP contribution in [0.5, 0.6) is 0 Å². The molecule has 19 heavy (non-hydrogen) atoms. The molecule has 1 aromatic rings. The molecule has 106 valence electrons. The van der Waals surface area contributed by atoms with Gasteiger partial charge in [0.15, 0.2) is 0 Å². The molecule has 2 rings (SSSR count). The minimum atomic E-state index is 0.384. The van der Waals surface area contributed by atoms with Crippen LogP contribution < -0.4 is 10.2 Å². The van der Waals surface area contributed by atoms with E-state index in [-0.39, 0.29) is 0 Å². The molecule has 1 aliphatic rings. The molecule has 0 radical (unpaired) electrons. The Morgan fingerprint density at radius 1 is 1.37 bits per heavy atom. The number of anilines is 1. The molecule has 1 fully saturated rings. The molecule has 0 spiro atoms. The van der Waals surface area contributed by atoms with Crippen molar-refractivity contribution in [2.45, 2.75) is 58.5 Å². The predicted molar refractivity (Wildman–Crippen MR) is 81.6 cm³/mol. The zero-order valence-corrected chi connectivity index (χ0v) is 12.5. The number of pyridine rings is 1. The number of hydrogen-bond acceptors (Lipinski definition) is 3. The van der Waals surface area contributed by atoms with Gasteiger partial charge in [-0.1, -0.05) is 19.9 Å². The highest BCUT2D eigenvalue weighted by atomic mass is 15.2. The van der Waals surface area contributed by atoms with Crippen LogP contribution in [0.3, 0.4) is 0 Å². The van der Waals surface area contributed by atoms with Crippen molar-refractivity contribution < 1.29 is 0 Å². The van der Waals surface area contributed by atoms with Crippen molar-refractivity contribution in [3.8, 4) is 0 Å². The van der Waals surface area contributed by atoms with Crippen molar-refractivity contribution in [1.29, 1.82) is 0 Å². The molecule has 0 bridgehead atoms. The van der Waals surface area contributed by atoms with E-state index in [9.17, 15) is 0 Å². The molecule has 1 aliphatic heterocycles. The lowest BCUT2D eigenvalue weighted by Crippen LogP contribution is -2.39. The molecule has 0 saturated carbocycles. The zero-order chi connectivity index (χ0) is 13.7. The van der Waals surface area contributed by atoms with E-state index < -0.39 is 0 Å². The first kappa shape index (κ1) is 14.3. The van der Waals surface area contributed by atoms with Gasteiger partial charge in [-0.3, -0.25) is 0 Å². The maximum Gasteiger partial charge on any atom is 0.128 e. The monoisotopic (exact) mass is 261 g/mol. The Bertz CT molecular complexity index is 374. The summed E-state index contributed by atoms with van der Waals surface area (Å²) in [4.78, 5) is 7.18. The number of hydrogen-bond donors (Lipinski definition) is 1. The number of aromatic nitrogens is 1. The molecule has 2 unspecified atom stereocenters. The molecule has 0 aliphatic carbocycles. The summed E-state index contributed by atoms with van der Waals surface area (Å²) in [6.45, 7) is 8.76. The van der Waals surface area contributed by atoms with E-state index in [1.165, 1.54) is 31.2 Å². The van der Waals surface area contributed by atoms with E-state index in [4.69, 9.17) is 0 Å². The average molecular weight is 261 g/mol. The highest BCUT2D eigenvalue weighted by Gasteiger charge is 2.21. The topological polar surface area (TPSA) is 28.2 Å². The standard InChI is InChI=1S/C16H27N3/c1-4-15-8-6-7-11-19(15)16-10-9-14(12-18-16)13(3)17-5-2/h9-10,12-13,15,17H,4-8,11H2,1-3H3. The summed E-state index contributed by atoms with van der Waals surface area (Å²) >= 11 is 0. The first-order valence-electron chi connectivity index (χ1n) is 7.72. The lowest BCUT2D eigenvalue weighted by atomic mass is 10.00. The van der Waals surface area contributed by atoms with E-state index in [0.717, 1.165) is 18.9 Å². The van der Waals surface area contributed by atoms with Crippen molar-refractivity contribution in [2.75, 3.05) is 18.0 Å². The molecule has 3 heteroatoms. The molecule has 2 atom stereocenters. The summed E-state index contributed by atoms with van der Waals surface area (Å²) in [7, 11) is 0. The Balaban J connectivity index is 2.08. The van der Waals surface area contributed by atoms with Crippen molar-refractivity contribution in [1.82, 2.24) is 10.3 Å². The minimum absolute atomic E-state index is 0.384. The second-order valence-electron chi connectivity index (χ2n) is 5.48. The summed E-state index contributed by atoms with van der Waals surface area (Å²) in [5.41, 5.74) is 1.27. The van der Waals surface area contributed by atoms with Gasteiger partial charge in [0.25, 0.3) is 0 Å². The van der Waals surface area contributed by atoms with Crippen LogP contribution in [-0.2, 0) is 0 Å². The Morgan fingerprint density at radius 3 is 2.84 bits per heavy atom. The Kier molecular flexibility index (Phi) is 5.20. The van der Waals surface area contributed by atoms with Gasteiger partial charge >= 0.3 is 0 Å². The van der Waals surface area contributed by atoms with E-state index in [0.29, 0.717) is 12.1 Å². The summed E-state index contributed by atoms with van der Waals surface area (Å²) in [6.07, 6.45) is 7.23. The average Bonchev–Trinajstić information content (AvgIpc) is 2.47. The first-order chi connectivity index (χ1) is 9.26. The van der Waals surface area contributed by atoms with E-state index in [2.05, 4.69) is 48.1 Å². The normalized spacial score (nSPS) is 21.4. The van der Waals surface area contributed by atoms with Crippen LogP contribution in [-0.4, -0.2) is 24.1 Å². The highest BCUT2D eigenvalue weighted by Crippen LogP contribution is 2.25. The third-order valence-electron chi connectivity index (χ3n) is 4.17. The SMILES string of the molecule is CCNC(C)c1ccc(N2CCCCC2CC)nc1. The van der Waals surface area contributed by atoms with Gasteiger partial charge in [-0.15, -0.1) is 0 Å². The third-order valence-corrected chi connectivity index (χ3v) is 4.17. The Labute approximate surface area is 117 Å². The molecular weight excluding hydrogens is 234 g/mol. The maximum atomic E-state index is 4.69. The predicted octanol–water partition coefficient (Wildman–Crippen LogP) is 3.52. The van der Waals surface area contributed by atoms with Gasteiger partial charge in [0.05, 0.1) is 0 Å². The second-order valence-corrected chi connectivity index (χ2v) is 5.48. The molecular formula is C16H27N3. The Morgan fingerprint density at radius 2 is 2.21 bits per heavy atom. The van der Waals surface area contributed by atoms with Crippen molar-refractivity contribution in [3.63, 3.8) is 0 Å². The van der Waals surface area contributed by atoms with E-state index in [1.54, 1.807) is 0 Å². The summed E-state index contributed by atoms with van der Waals surface area (Å²) in [6, 6.07) is 5.47. The number of nitrogens with zero attached hydrogens (tertiary/aromatic N) is 2. The third kappa shape index (κ3) is 3.47. The molecule has 1 N–H and O–H groups in total. The molecule has 3 nitrogen and oxygen atoms in total. The van der Waals surface area contributed by atoms with E-state index in [1.807, 2.05) is 6.20 Å². The van der Waals surface area contributed by atoms with Gasteiger partial charge in [0.1, 0.15) is 5.82 Å². The van der Waals surface area contributed by atoms with Gasteiger partial charge in [-0.2, -0.15) is 0 Å². The smallest absolute Gasteiger partial charge is 0.128 e. The van der Waals surface area contributed by atoms with Gasteiger partial charge in [-0.25, -0.2) is 4.98 Å². The Hall–Kier alpha value is -1.09. The fraction of sp³-hybridized carbons (Fsp3) is 0.688. The molecule has 1 aromatic heterocycles. The summed E-state index contributed by atoms with van der Waals surface area (Å²) in [5.74, 6) is 1.15. The van der Waals surface area contributed by atoms with Gasteiger partial charge in [-0.05, 0) is 50.8 Å². The van der Waals surface area contributed by atoms with Crippen LogP contribution >= 0.6 is 0 Å². The van der Waals surface area contributed by atoms with Crippen molar-refractivity contribution in [2.24, 2.45) is 0 Å². The molecule has 2 heterocycles. The van der Waals surface area contributed by atoms with Crippen LogP contribution in [0.1, 0.15) is 58.1 Å². The van der Waals surface area contributed by atoms with Gasteiger partial charge < -0.3 is 10.2 Å². The van der Waals surface area contributed by atoms with Crippen LogP contribution in [0.4, 0.5) is 5.82 Å². The lowest BCUT2D eigenvalue weighted by molar-refractivity contribution is 0.446. The van der Waals surface area contributed by atoms with E-state index >= 15 is 0 Å². The van der Waals surface area contributed by atoms with Crippen molar-refractivity contribution >= 4 is 5.82 Å². The molecule has 0 aromatic carbocycles. The molecule has 1 saturated heterocycles. The van der Waals surface area contributed by atoms with Crippen molar-refractivity contribution in [3.05, 3.63) is 23.9 Å². The lowest BCUT2D eigenvalue weighted by Gasteiger charge is -2.36. The van der Waals surface area contributed by atoms with Crippen LogP contribution in [0.15, 0.2) is 18.3 Å². The highest BCUT2D eigenvalue weighted by molar-refractivity contribution is 5.41. The number of nitrogens with one attached hydrogen (secondary N) is 1. The van der Waals surface area contributed by atoms with Crippen LogP contribution in [0.2, 0.25) is 0 Å².